The molecule has 0 aromatic carbocycles. The molecule has 24 heavy (non-hydrogen) atoms. The Labute approximate surface area is 145 Å². The lowest BCUT2D eigenvalue weighted by Gasteiger charge is -2.58. The van der Waals surface area contributed by atoms with Crippen LogP contribution in [0.3, 0.4) is 0 Å². The van der Waals surface area contributed by atoms with E-state index in [0.717, 1.165) is 43.4 Å². The Bertz CT molecular complexity index is 565. The topological polar surface area (TPSA) is 57.5 Å². The second-order valence-corrected chi connectivity index (χ2v) is 9.50. The van der Waals surface area contributed by atoms with Crippen LogP contribution in [0.5, 0.6) is 0 Å². The van der Waals surface area contributed by atoms with Crippen LogP contribution in [0.1, 0.15) is 71.6 Å². The zero-order valence-electron chi connectivity index (χ0n) is 15.1. The van der Waals surface area contributed by atoms with Gasteiger partial charge in [0.1, 0.15) is 0 Å². The maximum absolute atomic E-state index is 11.9. The molecule has 0 spiro atoms. The molecule has 134 valence electrons. The largest absolute Gasteiger partial charge is 0.368 e. The molecule has 0 saturated heterocycles. The van der Waals surface area contributed by atoms with Crippen LogP contribution in [0.15, 0.2) is 11.6 Å². The highest BCUT2D eigenvalue weighted by Crippen LogP contribution is 2.67. The standard InChI is InChI=1S/C21H32O3/c1-20-9-7-15(22)11-13(20)3-5-16-17-6-4-14(12-19(23)24)21(17,2)10-8-18(16)20/h11,14,16-19,23-24H,3-10,12H2,1-2H3/t14-,16+,17+,18+,20+,21-/m1/s1. The van der Waals surface area contributed by atoms with Gasteiger partial charge in [-0.15, -0.1) is 0 Å². The van der Waals surface area contributed by atoms with Gasteiger partial charge in [0.15, 0.2) is 12.1 Å². The van der Waals surface area contributed by atoms with Crippen LogP contribution >= 0.6 is 0 Å². The van der Waals surface area contributed by atoms with Crippen LogP contribution in [0.4, 0.5) is 0 Å². The quantitative estimate of drug-likeness (QED) is 0.756. The monoisotopic (exact) mass is 332 g/mol. The van der Waals surface area contributed by atoms with Crippen molar-refractivity contribution in [3.63, 3.8) is 0 Å². The van der Waals surface area contributed by atoms with E-state index in [4.69, 9.17) is 0 Å². The molecule has 0 heterocycles. The molecule has 0 aromatic rings. The number of aliphatic hydroxyl groups is 2. The average molecular weight is 332 g/mol. The fraction of sp³-hybridized carbons (Fsp3) is 0.857. The Balaban J connectivity index is 1.61. The molecule has 3 fully saturated rings. The van der Waals surface area contributed by atoms with Gasteiger partial charge in [0.2, 0.25) is 0 Å². The van der Waals surface area contributed by atoms with Gasteiger partial charge in [0, 0.05) is 12.8 Å². The van der Waals surface area contributed by atoms with Gasteiger partial charge in [-0.05, 0) is 85.5 Å². The Morgan fingerprint density at radius 2 is 1.88 bits per heavy atom. The van der Waals surface area contributed by atoms with Crippen molar-refractivity contribution in [2.75, 3.05) is 0 Å². The SMILES string of the molecule is C[C@]12CC[C@H]3[C@@H](CCC4=CC(=O)CC[C@@]43C)[C@@H]1CC[C@@H]2CC(O)O. The van der Waals surface area contributed by atoms with Crippen LogP contribution in [0.25, 0.3) is 0 Å². The minimum absolute atomic E-state index is 0.243. The summed E-state index contributed by atoms with van der Waals surface area (Å²) in [6, 6.07) is 0. The summed E-state index contributed by atoms with van der Waals surface area (Å²) in [6.45, 7) is 4.85. The van der Waals surface area contributed by atoms with E-state index in [2.05, 4.69) is 13.8 Å². The predicted molar refractivity (Wildman–Crippen MR) is 93.0 cm³/mol. The molecule has 3 heteroatoms. The molecule has 4 aliphatic carbocycles. The van der Waals surface area contributed by atoms with Gasteiger partial charge in [0.05, 0.1) is 0 Å². The van der Waals surface area contributed by atoms with Crippen LogP contribution in [0.2, 0.25) is 0 Å². The lowest BCUT2D eigenvalue weighted by Crippen LogP contribution is -2.50. The molecule has 0 aliphatic heterocycles. The van der Waals surface area contributed by atoms with Gasteiger partial charge in [-0.1, -0.05) is 19.4 Å². The number of ketones is 1. The van der Waals surface area contributed by atoms with E-state index in [1.54, 1.807) is 0 Å². The van der Waals surface area contributed by atoms with Crippen molar-refractivity contribution >= 4 is 5.78 Å². The molecule has 6 atom stereocenters. The van der Waals surface area contributed by atoms with Crippen molar-refractivity contribution in [3.05, 3.63) is 11.6 Å². The molecule has 0 aromatic heterocycles. The summed E-state index contributed by atoms with van der Waals surface area (Å²) in [5.41, 5.74) is 1.96. The summed E-state index contributed by atoms with van der Waals surface area (Å²) in [6.07, 6.45) is 10.3. The van der Waals surface area contributed by atoms with Crippen molar-refractivity contribution in [2.45, 2.75) is 77.9 Å². The Kier molecular flexibility index (Phi) is 3.96. The molecule has 3 nitrogen and oxygen atoms in total. The van der Waals surface area contributed by atoms with Crippen molar-refractivity contribution in [2.24, 2.45) is 34.5 Å². The van der Waals surface area contributed by atoms with Crippen LogP contribution in [-0.4, -0.2) is 22.3 Å². The smallest absolute Gasteiger partial charge is 0.155 e. The minimum atomic E-state index is -1.16. The van der Waals surface area contributed by atoms with E-state index in [0.29, 0.717) is 18.1 Å². The van der Waals surface area contributed by atoms with E-state index in [1.165, 1.54) is 31.3 Å². The van der Waals surface area contributed by atoms with Crippen LogP contribution < -0.4 is 0 Å². The molecule has 0 bridgehead atoms. The number of hydrogen-bond acceptors (Lipinski definition) is 3. The zero-order valence-corrected chi connectivity index (χ0v) is 15.1. The average Bonchev–Trinajstić information content (AvgIpc) is 2.84. The Morgan fingerprint density at radius 1 is 1.08 bits per heavy atom. The third-order valence-electron chi connectivity index (χ3n) is 8.65. The normalized spacial score (nSPS) is 47.9. The van der Waals surface area contributed by atoms with E-state index in [9.17, 15) is 15.0 Å². The fourth-order valence-electron chi connectivity index (χ4n) is 7.31. The zero-order chi connectivity index (χ0) is 17.1. The summed E-state index contributed by atoms with van der Waals surface area (Å²) in [5, 5.41) is 19.0. The summed E-state index contributed by atoms with van der Waals surface area (Å²) in [5.74, 6) is 3.01. The first kappa shape index (κ1) is 16.8. The van der Waals surface area contributed by atoms with Crippen molar-refractivity contribution in [3.8, 4) is 0 Å². The highest BCUT2D eigenvalue weighted by atomic mass is 16.5. The van der Waals surface area contributed by atoms with Crippen molar-refractivity contribution < 1.29 is 15.0 Å². The summed E-state index contributed by atoms with van der Waals surface area (Å²) < 4.78 is 0. The highest BCUT2D eigenvalue weighted by molar-refractivity contribution is 5.91. The molecule has 2 N–H and O–H groups in total. The number of carbonyl (C=O) groups excluding carboxylic acids is 1. The molecule has 3 saturated carbocycles. The first-order valence-corrected chi connectivity index (χ1v) is 9.94. The minimum Gasteiger partial charge on any atom is -0.368 e. The maximum Gasteiger partial charge on any atom is 0.155 e. The van der Waals surface area contributed by atoms with Crippen molar-refractivity contribution in [1.82, 2.24) is 0 Å². The predicted octanol–water partition coefficient (Wildman–Crippen LogP) is 3.84. The van der Waals surface area contributed by atoms with E-state index in [-0.39, 0.29) is 10.8 Å². The Morgan fingerprint density at radius 3 is 2.62 bits per heavy atom. The first-order valence-electron chi connectivity index (χ1n) is 9.94. The fourth-order valence-corrected chi connectivity index (χ4v) is 7.31. The van der Waals surface area contributed by atoms with E-state index < -0.39 is 6.29 Å². The second-order valence-electron chi connectivity index (χ2n) is 9.50. The summed E-state index contributed by atoms with van der Waals surface area (Å²) in [7, 11) is 0. The maximum atomic E-state index is 11.9. The molecule has 0 radical (unpaired) electrons. The third-order valence-corrected chi connectivity index (χ3v) is 8.65. The highest BCUT2D eigenvalue weighted by Gasteiger charge is 2.58. The molecular weight excluding hydrogens is 300 g/mol. The van der Waals surface area contributed by atoms with Gasteiger partial charge < -0.3 is 10.2 Å². The molecule has 0 amide bonds. The first-order chi connectivity index (χ1) is 11.3. The third kappa shape index (κ3) is 2.34. The van der Waals surface area contributed by atoms with E-state index in [1.807, 2.05) is 6.08 Å². The van der Waals surface area contributed by atoms with Crippen molar-refractivity contribution in [1.29, 1.82) is 0 Å². The van der Waals surface area contributed by atoms with Gasteiger partial charge >= 0.3 is 0 Å². The van der Waals surface area contributed by atoms with Gasteiger partial charge in [-0.25, -0.2) is 0 Å². The molecule has 4 rings (SSSR count). The van der Waals surface area contributed by atoms with Crippen LogP contribution in [0, 0.1) is 34.5 Å². The van der Waals surface area contributed by atoms with Crippen LogP contribution in [-0.2, 0) is 4.79 Å². The lowest BCUT2D eigenvalue weighted by atomic mass is 9.47. The lowest BCUT2D eigenvalue weighted by molar-refractivity contribution is -0.118. The summed E-state index contributed by atoms with van der Waals surface area (Å²) >= 11 is 0. The number of aliphatic hydroxyl groups excluding tert-OH is 1. The Hall–Kier alpha value is -0.670. The number of rotatable bonds is 2. The molecule has 4 aliphatic rings. The summed E-state index contributed by atoms with van der Waals surface area (Å²) in [4.78, 5) is 11.9. The number of fused-ring (bicyclic) bond motifs is 5. The van der Waals surface area contributed by atoms with Gasteiger partial charge in [-0.3, -0.25) is 4.79 Å². The number of carbonyl (C=O) groups is 1. The number of allylic oxidation sites excluding steroid dienone is 1. The second kappa shape index (κ2) is 5.67. The van der Waals surface area contributed by atoms with Gasteiger partial charge in [-0.2, -0.15) is 0 Å². The molecule has 0 unspecified atom stereocenters. The molecular formula is C21H32O3. The number of hydrogen-bond donors (Lipinski definition) is 2. The van der Waals surface area contributed by atoms with Gasteiger partial charge in [0.25, 0.3) is 0 Å². The van der Waals surface area contributed by atoms with E-state index >= 15 is 0 Å².